The number of hydrogen-bond acceptors (Lipinski definition) is 4. The van der Waals surface area contributed by atoms with Crippen molar-refractivity contribution < 1.29 is 23.5 Å². The summed E-state index contributed by atoms with van der Waals surface area (Å²) in [7, 11) is 1.57. The number of carbonyl (C=O) groups excluding carboxylic acids is 2. The van der Waals surface area contributed by atoms with E-state index in [0.29, 0.717) is 42.7 Å². The number of urea groups is 1. The van der Waals surface area contributed by atoms with Crippen molar-refractivity contribution in [1.82, 2.24) is 10.2 Å². The molecule has 0 spiro atoms. The van der Waals surface area contributed by atoms with E-state index >= 15 is 0 Å². The van der Waals surface area contributed by atoms with Crippen molar-refractivity contribution in [2.75, 3.05) is 38.7 Å². The minimum Gasteiger partial charge on any atom is -0.497 e. The van der Waals surface area contributed by atoms with Crippen LogP contribution < -0.4 is 20.1 Å². The number of piperidine rings is 1. The van der Waals surface area contributed by atoms with Gasteiger partial charge in [0.15, 0.2) is 6.61 Å². The predicted molar refractivity (Wildman–Crippen MR) is 111 cm³/mol. The number of rotatable bonds is 7. The zero-order valence-electron chi connectivity index (χ0n) is 16.9. The summed E-state index contributed by atoms with van der Waals surface area (Å²) in [5.41, 5.74) is 0.562. The number of anilines is 1. The van der Waals surface area contributed by atoms with Gasteiger partial charge in [-0.3, -0.25) is 4.79 Å². The molecule has 1 saturated heterocycles. The van der Waals surface area contributed by atoms with Crippen molar-refractivity contribution in [1.29, 1.82) is 0 Å². The molecule has 7 nitrogen and oxygen atoms in total. The molecule has 30 heavy (non-hydrogen) atoms. The zero-order valence-corrected chi connectivity index (χ0v) is 16.9. The Balaban J connectivity index is 1.34. The summed E-state index contributed by atoms with van der Waals surface area (Å²) in [6.45, 7) is 1.70. The van der Waals surface area contributed by atoms with E-state index in [0.717, 1.165) is 12.8 Å². The number of carbonyl (C=O) groups is 2. The van der Waals surface area contributed by atoms with E-state index in [1.807, 2.05) is 0 Å². The number of amides is 3. The standard InChI is InChI=1S/C22H26FN3O4/c1-29-19-3-2-4-20(13-19)30-15-21(27)24-14-16-9-11-26(12-10-16)22(28)25-18-7-5-17(23)6-8-18/h2-8,13,16H,9-12,14-15H2,1H3,(H,24,27)(H,25,28). The Morgan fingerprint density at radius 3 is 2.50 bits per heavy atom. The minimum atomic E-state index is -0.343. The number of ether oxygens (including phenoxy) is 2. The van der Waals surface area contributed by atoms with Crippen LogP contribution in [0.1, 0.15) is 12.8 Å². The average molecular weight is 415 g/mol. The third-order valence-electron chi connectivity index (χ3n) is 5.00. The third kappa shape index (κ3) is 6.37. The average Bonchev–Trinajstić information content (AvgIpc) is 2.78. The third-order valence-corrected chi connectivity index (χ3v) is 5.00. The van der Waals surface area contributed by atoms with Gasteiger partial charge >= 0.3 is 6.03 Å². The van der Waals surface area contributed by atoms with Crippen LogP contribution >= 0.6 is 0 Å². The summed E-state index contributed by atoms with van der Waals surface area (Å²) < 4.78 is 23.6. The molecular formula is C22H26FN3O4. The largest absolute Gasteiger partial charge is 0.497 e. The van der Waals surface area contributed by atoms with Crippen molar-refractivity contribution in [3.63, 3.8) is 0 Å². The molecule has 8 heteroatoms. The van der Waals surface area contributed by atoms with Gasteiger partial charge in [0, 0.05) is 31.4 Å². The fourth-order valence-electron chi connectivity index (χ4n) is 3.22. The van der Waals surface area contributed by atoms with Crippen LogP contribution in [0, 0.1) is 11.7 Å². The molecule has 3 rings (SSSR count). The lowest BCUT2D eigenvalue weighted by molar-refractivity contribution is -0.123. The number of halogens is 1. The molecule has 1 heterocycles. The van der Waals surface area contributed by atoms with Gasteiger partial charge in [-0.15, -0.1) is 0 Å². The number of nitrogens with zero attached hydrogens (tertiary/aromatic N) is 1. The van der Waals surface area contributed by atoms with Crippen LogP contribution in [-0.4, -0.2) is 50.2 Å². The first-order valence-electron chi connectivity index (χ1n) is 9.88. The first kappa shape index (κ1) is 21.4. The highest BCUT2D eigenvalue weighted by Gasteiger charge is 2.23. The molecule has 2 aromatic carbocycles. The molecule has 0 bridgehead atoms. The summed E-state index contributed by atoms with van der Waals surface area (Å²) in [5.74, 6) is 1.02. The van der Waals surface area contributed by atoms with Gasteiger partial charge in [-0.2, -0.15) is 0 Å². The van der Waals surface area contributed by atoms with E-state index in [2.05, 4.69) is 10.6 Å². The summed E-state index contributed by atoms with van der Waals surface area (Å²) in [6, 6.07) is 12.6. The minimum absolute atomic E-state index is 0.0634. The van der Waals surface area contributed by atoms with E-state index in [1.165, 1.54) is 24.3 Å². The number of nitrogens with one attached hydrogen (secondary N) is 2. The van der Waals surface area contributed by atoms with Gasteiger partial charge in [0.2, 0.25) is 0 Å². The Morgan fingerprint density at radius 1 is 1.10 bits per heavy atom. The lowest BCUT2D eigenvalue weighted by atomic mass is 9.97. The normalized spacial score (nSPS) is 14.1. The molecule has 160 valence electrons. The second-order valence-electron chi connectivity index (χ2n) is 7.14. The van der Waals surface area contributed by atoms with Crippen molar-refractivity contribution in [2.45, 2.75) is 12.8 Å². The van der Waals surface area contributed by atoms with E-state index < -0.39 is 0 Å². The van der Waals surface area contributed by atoms with Crippen LogP contribution in [0.5, 0.6) is 11.5 Å². The molecule has 1 aliphatic rings. The van der Waals surface area contributed by atoms with Crippen molar-refractivity contribution in [2.24, 2.45) is 5.92 Å². The lowest BCUT2D eigenvalue weighted by Gasteiger charge is -2.32. The van der Waals surface area contributed by atoms with E-state index in [4.69, 9.17) is 9.47 Å². The SMILES string of the molecule is COc1cccc(OCC(=O)NCC2CCN(C(=O)Nc3ccc(F)cc3)CC2)c1. The Hall–Kier alpha value is -3.29. The molecule has 1 aliphatic heterocycles. The van der Waals surface area contributed by atoms with Gasteiger partial charge in [0.1, 0.15) is 17.3 Å². The monoisotopic (exact) mass is 415 g/mol. The molecule has 2 aromatic rings. The number of hydrogen-bond donors (Lipinski definition) is 2. The van der Waals surface area contributed by atoms with Gasteiger partial charge in [0.25, 0.3) is 5.91 Å². The molecule has 1 fully saturated rings. The molecule has 0 aromatic heterocycles. The Bertz CT molecular complexity index is 852. The Morgan fingerprint density at radius 2 is 1.80 bits per heavy atom. The molecule has 3 amide bonds. The van der Waals surface area contributed by atoms with Crippen molar-refractivity contribution >= 4 is 17.6 Å². The second kappa shape index (κ2) is 10.5. The highest BCUT2D eigenvalue weighted by Crippen LogP contribution is 2.19. The van der Waals surface area contributed by atoms with Crippen LogP contribution in [-0.2, 0) is 4.79 Å². The highest BCUT2D eigenvalue weighted by atomic mass is 19.1. The van der Waals surface area contributed by atoms with Crippen LogP contribution in [0.3, 0.4) is 0 Å². The zero-order chi connectivity index (χ0) is 21.3. The maximum Gasteiger partial charge on any atom is 0.321 e. The summed E-state index contributed by atoms with van der Waals surface area (Å²) in [6.07, 6.45) is 1.60. The second-order valence-corrected chi connectivity index (χ2v) is 7.14. The van der Waals surface area contributed by atoms with Gasteiger partial charge in [-0.1, -0.05) is 6.07 Å². The maximum absolute atomic E-state index is 13.0. The molecular weight excluding hydrogens is 389 g/mol. The fourth-order valence-corrected chi connectivity index (χ4v) is 3.22. The maximum atomic E-state index is 13.0. The van der Waals surface area contributed by atoms with Crippen LogP contribution in [0.15, 0.2) is 48.5 Å². The first-order chi connectivity index (χ1) is 14.5. The Labute approximate surface area is 175 Å². The van der Waals surface area contributed by atoms with E-state index in [-0.39, 0.29) is 24.4 Å². The summed E-state index contributed by atoms with van der Waals surface area (Å²) in [5, 5.41) is 5.66. The lowest BCUT2D eigenvalue weighted by Crippen LogP contribution is -2.43. The van der Waals surface area contributed by atoms with Gasteiger partial charge in [0.05, 0.1) is 7.11 Å². The fraction of sp³-hybridized carbons (Fsp3) is 0.364. The number of benzene rings is 2. The quantitative estimate of drug-likeness (QED) is 0.727. The van der Waals surface area contributed by atoms with Crippen LogP contribution in [0.2, 0.25) is 0 Å². The molecule has 0 radical (unpaired) electrons. The van der Waals surface area contributed by atoms with Crippen LogP contribution in [0.4, 0.5) is 14.9 Å². The Kier molecular flexibility index (Phi) is 7.48. The van der Waals surface area contributed by atoms with Gasteiger partial charge in [-0.25, -0.2) is 9.18 Å². The first-order valence-corrected chi connectivity index (χ1v) is 9.88. The topological polar surface area (TPSA) is 79.9 Å². The summed E-state index contributed by atoms with van der Waals surface area (Å²) in [4.78, 5) is 26.1. The number of methoxy groups -OCH3 is 1. The molecule has 0 unspecified atom stereocenters. The molecule has 2 N–H and O–H groups in total. The predicted octanol–water partition coefficient (Wildman–Crippen LogP) is 3.27. The summed E-state index contributed by atoms with van der Waals surface area (Å²) >= 11 is 0. The molecule has 0 atom stereocenters. The van der Waals surface area contributed by atoms with Crippen LogP contribution in [0.25, 0.3) is 0 Å². The number of likely N-dealkylation sites (tertiary alicyclic amines) is 1. The molecule has 0 aliphatic carbocycles. The highest BCUT2D eigenvalue weighted by molar-refractivity contribution is 5.89. The van der Waals surface area contributed by atoms with E-state index in [9.17, 15) is 14.0 Å². The molecule has 0 saturated carbocycles. The van der Waals surface area contributed by atoms with Crippen molar-refractivity contribution in [3.8, 4) is 11.5 Å². The van der Waals surface area contributed by atoms with Gasteiger partial charge in [-0.05, 0) is 55.2 Å². The van der Waals surface area contributed by atoms with Crippen molar-refractivity contribution in [3.05, 3.63) is 54.3 Å². The van der Waals surface area contributed by atoms with Gasteiger partial charge < -0.3 is 25.0 Å². The smallest absolute Gasteiger partial charge is 0.321 e. The van der Waals surface area contributed by atoms with E-state index in [1.54, 1.807) is 36.3 Å².